The van der Waals surface area contributed by atoms with Crippen LogP contribution in [-0.4, -0.2) is 13.4 Å². The summed E-state index contributed by atoms with van der Waals surface area (Å²) in [6.07, 6.45) is 0. The van der Waals surface area contributed by atoms with Crippen LogP contribution in [-0.2, 0) is 13.2 Å². The fraction of sp³-hybridized carbons (Fsp3) is 0.217. The molecule has 4 rings (SSSR count). The van der Waals surface area contributed by atoms with Crippen molar-refractivity contribution < 1.29 is 23.3 Å². The Kier molecular flexibility index (Phi) is 6.59. The van der Waals surface area contributed by atoms with Crippen molar-refractivity contribution in [1.29, 1.82) is 0 Å². The lowest BCUT2D eigenvalue weighted by Crippen LogP contribution is -2.04. The lowest BCUT2D eigenvalue weighted by Gasteiger charge is -2.16. The van der Waals surface area contributed by atoms with Gasteiger partial charge in [0.2, 0.25) is 6.79 Å². The Morgan fingerprint density at radius 3 is 2.48 bits per heavy atom. The molecule has 0 saturated heterocycles. The first kappa shape index (κ1) is 21.4. The third-order valence-electron chi connectivity index (χ3n) is 4.67. The number of nitrogens with one attached hydrogen (secondary N) is 1. The van der Waals surface area contributed by atoms with Gasteiger partial charge in [-0.3, -0.25) is 0 Å². The zero-order chi connectivity index (χ0) is 21.8. The minimum atomic E-state index is -0.397. The average molecular weight is 464 g/mol. The monoisotopic (exact) mass is 463 g/mol. The van der Waals surface area contributed by atoms with Crippen LogP contribution < -0.4 is 24.3 Å². The number of halogens is 3. The summed E-state index contributed by atoms with van der Waals surface area (Å²) in [5.74, 6) is 2.08. The van der Waals surface area contributed by atoms with E-state index in [0.717, 1.165) is 17.0 Å². The summed E-state index contributed by atoms with van der Waals surface area (Å²) in [6, 6.07) is 13.4. The summed E-state index contributed by atoms with van der Waals surface area (Å²) in [6.45, 7) is 3.21. The molecule has 0 aliphatic carbocycles. The van der Waals surface area contributed by atoms with E-state index in [9.17, 15) is 4.39 Å². The van der Waals surface area contributed by atoms with Crippen molar-refractivity contribution in [2.24, 2.45) is 0 Å². The predicted octanol–water partition coefficient (Wildman–Crippen LogP) is 6.45. The maximum Gasteiger partial charge on any atom is 0.231 e. The molecule has 1 aliphatic heterocycles. The number of anilines is 1. The Labute approximate surface area is 189 Å². The van der Waals surface area contributed by atoms with Gasteiger partial charge in [-0.05, 0) is 42.8 Å². The number of benzene rings is 3. The molecule has 3 aromatic rings. The lowest BCUT2D eigenvalue weighted by atomic mass is 10.1. The van der Waals surface area contributed by atoms with E-state index in [4.69, 9.17) is 42.1 Å². The molecule has 0 spiro atoms. The highest BCUT2D eigenvalue weighted by Gasteiger charge is 2.15. The Morgan fingerprint density at radius 2 is 1.68 bits per heavy atom. The molecule has 3 aromatic carbocycles. The Hall–Kier alpha value is -2.83. The van der Waals surface area contributed by atoms with Gasteiger partial charge in [0.25, 0.3) is 0 Å². The average Bonchev–Trinajstić information content (AvgIpc) is 3.21. The lowest BCUT2D eigenvalue weighted by molar-refractivity contribution is 0.174. The third-order valence-corrected chi connectivity index (χ3v) is 5.37. The normalized spacial score (nSPS) is 12.0. The number of rotatable bonds is 8. The van der Waals surface area contributed by atoms with Crippen LogP contribution in [0.25, 0.3) is 0 Å². The van der Waals surface area contributed by atoms with E-state index in [1.54, 1.807) is 12.1 Å². The molecule has 0 amide bonds. The van der Waals surface area contributed by atoms with Gasteiger partial charge in [0.15, 0.2) is 23.0 Å². The van der Waals surface area contributed by atoms with Crippen LogP contribution in [0.2, 0.25) is 10.0 Å². The zero-order valence-corrected chi connectivity index (χ0v) is 18.2. The molecule has 31 heavy (non-hydrogen) atoms. The van der Waals surface area contributed by atoms with Gasteiger partial charge in [0.05, 0.1) is 11.6 Å². The van der Waals surface area contributed by atoms with Crippen LogP contribution in [0.4, 0.5) is 10.1 Å². The summed E-state index contributed by atoms with van der Waals surface area (Å²) in [4.78, 5) is 0. The summed E-state index contributed by atoms with van der Waals surface area (Å²) < 4.78 is 35.6. The standard InChI is InChI=1S/C23H20Cl2FNO4/c1-2-28-21-7-15(11-27-17-5-6-20-22(9-17)31-13-30-20)19(25)10-23(21)29-12-14-3-4-16(26)8-18(14)24/h3-10,27H,2,11-13H2,1H3. The summed E-state index contributed by atoms with van der Waals surface area (Å²) in [7, 11) is 0. The fourth-order valence-corrected chi connectivity index (χ4v) is 3.53. The van der Waals surface area contributed by atoms with Gasteiger partial charge in [-0.2, -0.15) is 0 Å². The van der Waals surface area contributed by atoms with Crippen molar-refractivity contribution in [2.45, 2.75) is 20.1 Å². The molecular formula is C23H20Cl2FNO4. The molecule has 0 unspecified atom stereocenters. The maximum atomic E-state index is 13.3. The van der Waals surface area contributed by atoms with Gasteiger partial charge in [-0.1, -0.05) is 29.3 Å². The van der Waals surface area contributed by atoms with Crippen LogP contribution in [0.3, 0.4) is 0 Å². The van der Waals surface area contributed by atoms with Crippen LogP contribution in [0.5, 0.6) is 23.0 Å². The minimum Gasteiger partial charge on any atom is -0.490 e. The second kappa shape index (κ2) is 9.54. The molecule has 0 aromatic heterocycles. The van der Waals surface area contributed by atoms with E-state index in [1.807, 2.05) is 31.2 Å². The first-order chi connectivity index (χ1) is 15.0. The van der Waals surface area contributed by atoms with Gasteiger partial charge in [-0.15, -0.1) is 0 Å². The van der Waals surface area contributed by atoms with Gasteiger partial charge in [-0.25, -0.2) is 4.39 Å². The van der Waals surface area contributed by atoms with Crippen LogP contribution in [0.15, 0.2) is 48.5 Å². The van der Waals surface area contributed by atoms with Crippen molar-refractivity contribution in [1.82, 2.24) is 0 Å². The number of hydrogen-bond donors (Lipinski definition) is 1. The molecule has 8 heteroatoms. The molecule has 162 valence electrons. The molecule has 0 saturated carbocycles. The fourth-order valence-electron chi connectivity index (χ4n) is 3.09. The Morgan fingerprint density at radius 1 is 0.903 bits per heavy atom. The number of ether oxygens (including phenoxy) is 4. The van der Waals surface area contributed by atoms with Crippen molar-refractivity contribution in [3.8, 4) is 23.0 Å². The summed E-state index contributed by atoms with van der Waals surface area (Å²) in [5.41, 5.74) is 2.38. The molecule has 0 radical (unpaired) electrons. The quantitative estimate of drug-likeness (QED) is 0.415. The van der Waals surface area contributed by atoms with E-state index in [1.165, 1.54) is 12.1 Å². The van der Waals surface area contributed by atoms with E-state index < -0.39 is 5.82 Å². The third kappa shape index (κ3) is 5.09. The summed E-state index contributed by atoms with van der Waals surface area (Å²) >= 11 is 12.6. The highest BCUT2D eigenvalue weighted by Crippen LogP contribution is 2.37. The smallest absolute Gasteiger partial charge is 0.231 e. The van der Waals surface area contributed by atoms with Gasteiger partial charge in [0.1, 0.15) is 12.4 Å². The van der Waals surface area contributed by atoms with Gasteiger partial charge in [0, 0.05) is 35.0 Å². The molecule has 0 bridgehead atoms. The van der Waals surface area contributed by atoms with Crippen molar-refractivity contribution in [3.63, 3.8) is 0 Å². The minimum absolute atomic E-state index is 0.157. The molecule has 0 fully saturated rings. The van der Waals surface area contributed by atoms with E-state index >= 15 is 0 Å². The Bertz CT molecular complexity index is 1090. The zero-order valence-electron chi connectivity index (χ0n) is 16.7. The molecular weight excluding hydrogens is 444 g/mol. The van der Waals surface area contributed by atoms with Crippen molar-refractivity contribution in [2.75, 3.05) is 18.7 Å². The van der Waals surface area contributed by atoms with E-state index in [2.05, 4.69) is 5.32 Å². The first-order valence-electron chi connectivity index (χ1n) is 9.69. The molecule has 0 atom stereocenters. The topological polar surface area (TPSA) is 49.0 Å². The number of hydrogen-bond acceptors (Lipinski definition) is 5. The maximum absolute atomic E-state index is 13.3. The van der Waals surface area contributed by atoms with Crippen LogP contribution >= 0.6 is 23.2 Å². The van der Waals surface area contributed by atoms with Gasteiger partial charge >= 0.3 is 0 Å². The predicted molar refractivity (Wildman–Crippen MR) is 118 cm³/mol. The SMILES string of the molecule is CCOc1cc(CNc2ccc3c(c2)OCO3)c(Cl)cc1OCc1ccc(F)cc1Cl. The van der Waals surface area contributed by atoms with Crippen LogP contribution in [0.1, 0.15) is 18.1 Å². The molecule has 1 heterocycles. The van der Waals surface area contributed by atoms with Crippen molar-refractivity contribution >= 4 is 28.9 Å². The summed E-state index contributed by atoms with van der Waals surface area (Å²) in [5, 5.41) is 4.15. The van der Waals surface area contributed by atoms with Crippen LogP contribution in [0, 0.1) is 5.82 Å². The van der Waals surface area contributed by atoms with E-state index in [-0.39, 0.29) is 13.4 Å². The molecule has 1 N–H and O–H groups in total. The highest BCUT2D eigenvalue weighted by atomic mass is 35.5. The van der Waals surface area contributed by atoms with Gasteiger partial charge < -0.3 is 24.3 Å². The molecule has 1 aliphatic rings. The largest absolute Gasteiger partial charge is 0.490 e. The van der Waals surface area contributed by atoms with E-state index in [0.29, 0.717) is 46.0 Å². The second-order valence-corrected chi connectivity index (χ2v) is 7.58. The molecule has 5 nitrogen and oxygen atoms in total. The first-order valence-corrected chi connectivity index (χ1v) is 10.4. The Balaban J connectivity index is 1.48. The second-order valence-electron chi connectivity index (χ2n) is 6.77. The number of fused-ring (bicyclic) bond motifs is 1. The van der Waals surface area contributed by atoms with Crippen molar-refractivity contribution in [3.05, 3.63) is 75.5 Å². The highest BCUT2D eigenvalue weighted by molar-refractivity contribution is 6.31.